The molecule has 0 aromatic heterocycles. The molecule has 1 rings (SSSR count). The zero-order chi connectivity index (χ0) is 7.78. The molecule has 0 radical (unpaired) electrons. The first-order chi connectivity index (χ1) is 4.50. The van der Waals surface area contributed by atoms with Crippen molar-refractivity contribution in [3.05, 3.63) is 0 Å². The van der Waals surface area contributed by atoms with E-state index in [0.29, 0.717) is 6.04 Å². The summed E-state index contributed by atoms with van der Waals surface area (Å²) in [6.45, 7) is 6.43. The smallest absolute Gasteiger partial charge is 0.279 e. The SMILES string of the molecule is CC(C)(C)[C@H]1CSC(=O)N1. The molecular weight excluding hydrogens is 146 g/mol. The molecule has 3 heteroatoms. The summed E-state index contributed by atoms with van der Waals surface area (Å²) in [6, 6.07) is 0.352. The number of amides is 1. The Morgan fingerprint density at radius 1 is 1.60 bits per heavy atom. The van der Waals surface area contributed by atoms with Crippen LogP contribution in [-0.2, 0) is 0 Å². The highest BCUT2D eigenvalue weighted by atomic mass is 32.2. The van der Waals surface area contributed by atoms with Crippen molar-refractivity contribution < 1.29 is 4.79 Å². The molecule has 10 heavy (non-hydrogen) atoms. The first-order valence-electron chi connectivity index (χ1n) is 3.43. The van der Waals surface area contributed by atoms with Crippen LogP contribution in [0.2, 0.25) is 0 Å². The van der Waals surface area contributed by atoms with Crippen LogP contribution in [0, 0.1) is 5.41 Å². The zero-order valence-electron chi connectivity index (χ0n) is 6.60. The third-order valence-corrected chi connectivity index (χ3v) is 2.60. The fourth-order valence-corrected chi connectivity index (χ4v) is 1.98. The molecule has 0 saturated carbocycles. The van der Waals surface area contributed by atoms with E-state index in [1.165, 1.54) is 11.8 Å². The Kier molecular flexibility index (Phi) is 1.95. The predicted molar refractivity (Wildman–Crippen MR) is 44.2 cm³/mol. The molecule has 1 aliphatic rings. The molecule has 1 heterocycles. The van der Waals surface area contributed by atoms with E-state index < -0.39 is 0 Å². The second kappa shape index (κ2) is 2.46. The van der Waals surface area contributed by atoms with Crippen molar-refractivity contribution in [3.8, 4) is 0 Å². The van der Waals surface area contributed by atoms with Gasteiger partial charge in [0.25, 0.3) is 5.24 Å². The van der Waals surface area contributed by atoms with E-state index in [-0.39, 0.29) is 10.7 Å². The van der Waals surface area contributed by atoms with Crippen molar-refractivity contribution in [1.82, 2.24) is 5.32 Å². The Morgan fingerprint density at radius 3 is 2.40 bits per heavy atom. The van der Waals surface area contributed by atoms with Crippen LogP contribution < -0.4 is 5.32 Å². The van der Waals surface area contributed by atoms with Crippen molar-refractivity contribution >= 4 is 17.0 Å². The third kappa shape index (κ3) is 1.66. The lowest BCUT2D eigenvalue weighted by atomic mass is 9.88. The second-order valence-corrected chi connectivity index (χ2v) is 4.65. The minimum atomic E-state index is 0.125. The number of rotatable bonds is 0. The van der Waals surface area contributed by atoms with Gasteiger partial charge in [-0.05, 0) is 5.41 Å². The maximum atomic E-state index is 10.8. The van der Waals surface area contributed by atoms with Gasteiger partial charge in [-0.3, -0.25) is 4.79 Å². The van der Waals surface area contributed by atoms with Crippen LogP contribution in [-0.4, -0.2) is 17.0 Å². The van der Waals surface area contributed by atoms with Crippen LogP contribution in [0.25, 0.3) is 0 Å². The second-order valence-electron chi connectivity index (χ2n) is 3.66. The van der Waals surface area contributed by atoms with Gasteiger partial charge in [-0.15, -0.1) is 0 Å². The summed E-state index contributed by atoms with van der Waals surface area (Å²) in [6.07, 6.45) is 0. The molecule has 0 bridgehead atoms. The molecule has 1 fully saturated rings. The number of nitrogens with one attached hydrogen (secondary N) is 1. The number of hydrogen-bond acceptors (Lipinski definition) is 2. The van der Waals surface area contributed by atoms with Crippen molar-refractivity contribution in [2.45, 2.75) is 26.8 Å². The summed E-state index contributed by atoms with van der Waals surface area (Å²) in [4.78, 5) is 10.8. The van der Waals surface area contributed by atoms with Gasteiger partial charge < -0.3 is 5.32 Å². The van der Waals surface area contributed by atoms with Gasteiger partial charge >= 0.3 is 0 Å². The lowest BCUT2D eigenvalue weighted by Gasteiger charge is -2.25. The summed E-state index contributed by atoms with van der Waals surface area (Å²) in [5.41, 5.74) is 0.208. The van der Waals surface area contributed by atoms with E-state index in [2.05, 4.69) is 26.1 Å². The lowest BCUT2D eigenvalue weighted by molar-refractivity contribution is 0.247. The van der Waals surface area contributed by atoms with E-state index in [1.807, 2.05) is 0 Å². The van der Waals surface area contributed by atoms with Crippen molar-refractivity contribution in [2.24, 2.45) is 5.41 Å². The molecule has 2 nitrogen and oxygen atoms in total. The molecule has 1 aliphatic heterocycles. The molecule has 0 aromatic rings. The summed E-state index contributed by atoms with van der Waals surface area (Å²) < 4.78 is 0. The van der Waals surface area contributed by atoms with Crippen LogP contribution in [0.1, 0.15) is 20.8 Å². The Morgan fingerprint density at radius 2 is 2.20 bits per heavy atom. The van der Waals surface area contributed by atoms with Crippen LogP contribution in [0.3, 0.4) is 0 Å². The Balaban J connectivity index is 2.53. The minimum absolute atomic E-state index is 0.125. The van der Waals surface area contributed by atoms with Gasteiger partial charge in [-0.2, -0.15) is 0 Å². The average molecular weight is 159 g/mol. The van der Waals surface area contributed by atoms with Gasteiger partial charge in [-0.1, -0.05) is 32.5 Å². The molecule has 1 amide bonds. The Labute approximate surface area is 65.8 Å². The standard InChI is InChI=1S/C7H13NOS/c1-7(2,3)5-4-10-6(9)8-5/h5H,4H2,1-3H3,(H,8,9)/t5-/m1/s1. The van der Waals surface area contributed by atoms with E-state index in [0.717, 1.165) is 5.75 Å². The molecule has 1 atom stereocenters. The van der Waals surface area contributed by atoms with Crippen LogP contribution in [0.4, 0.5) is 4.79 Å². The molecule has 0 unspecified atom stereocenters. The predicted octanol–water partition coefficient (Wildman–Crippen LogP) is 1.86. The first kappa shape index (κ1) is 7.92. The fraction of sp³-hybridized carbons (Fsp3) is 0.857. The molecule has 0 aliphatic carbocycles. The van der Waals surface area contributed by atoms with Gasteiger partial charge in [0.05, 0.1) is 0 Å². The quantitative estimate of drug-likeness (QED) is 0.584. The Hall–Kier alpha value is -0.180. The molecule has 1 N–H and O–H groups in total. The highest BCUT2D eigenvalue weighted by molar-refractivity contribution is 8.13. The molecular formula is C7H13NOS. The first-order valence-corrected chi connectivity index (χ1v) is 4.42. The highest BCUT2D eigenvalue weighted by Crippen LogP contribution is 2.27. The van der Waals surface area contributed by atoms with Gasteiger partial charge in [0.15, 0.2) is 0 Å². The van der Waals surface area contributed by atoms with Gasteiger partial charge in [0.2, 0.25) is 0 Å². The maximum absolute atomic E-state index is 10.8. The average Bonchev–Trinajstić information content (AvgIpc) is 2.11. The molecule has 0 aromatic carbocycles. The van der Waals surface area contributed by atoms with E-state index >= 15 is 0 Å². The number of hydrogen-bond donors (Lipinski definition) is 1. The third-order valence-electron chi connectivity index (χ3n) is 1.72. The molecule has 58 valence electrons. The number of thioether (sulfide) groups is 1. The largest absolute Gasteiger partial charge is 0.343 e. The summed E-state index contributed by atoms with van der Waals surface area (Å²) >= 11 is 1.38. The number of carbonyl (C=O) groups is 1. The highest BCUT2D eigenvalue weighted by Gasteiger charge is 2.31. The Bertz CT molecular complexity index is 150. The van der Waals surface area contributed by atoms with Crippen LogP contribution >= 0.6 is 11.8 Å². The van der Waals surface area contributed by atoms with Crippen molar-refractivity contribution in [3.63, 3.8) is 0 Å². The lowest BCUT2D eigenvalue weighted by Crippen LogP contribution is -2.38. The normalized spacial score (nSPS) is 26.7. The summed E-state index contributed by atoms with van der Waals surface area (Å²) in [5, 5.41) is 3.04. The van der Waals surface area contributed by atoms with Crippen molar-refractivity contribution in [1.29, 1.82) is 0 Å². The van der Waals surface area contributed by atoms with E-state index in [4.69, 9.17) is 0 Å². The van der Waals surface area contributed by atoms with Crippen LogP contribution in [0.15, 0.2) is 0 Å². The topological polar surface area (TPSA) is 29.1 Å². The van der Waals surface area contributed by atoms with Gasteiger partial charge in [0, 0.05) is 11.8 Å². The maximum Gasteiger partial charge on any atom is 0.279 e. The fourth-order valence-electron chi connectivity index (χ4n) is 0.851. The van der Waals surface area contributed by atoms with E-state index in [1.54, 1.807) is 0 Å². The summed E-state index contributed by atoms with van der Waals surface area (Å²) in [5.74, 6) is 0.919. The summed E-state index contributed by atoms with van der Waals surface area (Å²) in [7, 11) is 0. The monoisotopic (exact) mass is 159 g/mol. The number of carbonyl (C=O) groups excluding carboxylic acids is 1. The minimum Gasteiger partial charge on any atom is -0.343 e. The molecule has 1 saturated heterocycles. The van der Waals surface area contributed by atoms with Gasteiger partial charge in [0.1, 0.15) is 0 Å². The van der Waals surface area contributed by atoms with Gasteiger partial charge in [-0.25, -0.2) is 0 Å². The van der Waals surface area contributed by atoms with E-state index in [9.17, 15) is 4.79 Å². The molecule has 0 spiro atoms. The van der Waals surface area contributed by atoms with Crippen LogP contribution in [0.5, 0.6) is 0 Å². The van der Waals surface area contributed by atoms with Crippen molar-refractivity contribution in [2.75, 3.05) is 5.75 Å². The zero-order valence-corrected chi connectivity index (χ0v) is 7.42.